The Morgan fingerprint density at radius 1 is 1.27 bits per heavy atom. The average molecular weight is 351 g/mol. The van der Waals surface area contributed by atoms with Crippen molar-refractivity contribution in [2.24, 2.45) is 7.05 Å². The van der Waals surface area contributed by atoms with Gasteiger partial charge >= 0.3 is 0 Å². The first-order chi connectivity index (χ1) is 12.6. The van der Waals surface area contributed by atoms with Crippen LogP contribution in [-0.2, 0) is 13.5 Å². The van der Waals surface area contributed by atoms with E-state index >= 15 is 0 Å². The number of nitrogens with one attached hydrogen (secondary N) is 1. The molecular formula is C20H25N5O. The van der Waals surface area contributed by atoms with Gasteiger partial charge in [0, 0.05) is 43.3 Å². The van der Waals surface area contributed by atoms with Crippen LogP contribution in [-0.4, -0.2) is 31.8 Å². The summed E-state index contributed by atoms with van der Waals surface area (Å²) in [4.78, 5) is 17.2. The summed E-state index contributed by atoms with van der Waals surface area (Å²) in [5.41, 5.74) is 2.66. The van der Waals surface area contributed by atoms with Crippen molar-refractivity contribution in [2.75, 3.05) is 6.54 Å². The van der Waals surface area contributed by atoms with Crippen molar-refractivity contribution in [2.45, 2.75) is 45.1 Å². The zero-order valence-corrected chi connectivity index (χ0v) is 15.4. The summed E-state index contributed by atoms with van der Waals surface area (Å²) in [6.07, 6.45) is 7.74. The largest absolute Gasteiger partial charge is 0.350 e. The molecule has 1 aromatic carbocycles. The summed E-state index contributed by atoms with van der Waals surface area (Å²) in [5.74, 6) is 0.943. The van der Waals surface area contributed by atoms with Crippen LogP contribution in [0.5, 0.6) is 0 Å². The third-order valence-electron chi connectivity index (χ3n) is 5.36. The molecular weight excluding hydrogens is 326 g/mol. The number of hydrogen-bond donors (Lipinski definition) is 1. The topological polar surface area (TPSA) is 64.7 Å². The van der Waals surface area contributed by atoms with Gasteiger partial charge in [-0.2, -0.15) is 5.10 Å². The lowest BCUT2D eigenvalue weighted by Gasteiger charge is -2.17. The van der Waals surface area contributed by atoms with Crippen LogP contribution in [0.3, 0.4) is 0 Å². The second kappa shape index (κ2) is 6.94. The predicted octanol–water partition coefficient (Wildman–Crippen LogP) is 3.17. The van der Waals surface area contributed by atoms with E-state index in [1.807, 2.05) is 37.5 Å². The summed E-state index contributed by atoms with van der Waals surface area (Å²) in [7, 11) is 1.86. The third-order valence-corrected chi connectivity index (χ3v) is 5.36. The maximum Gasteiger partial charge on any atom is 0.272 e. The van der Waals surface area contributed by atoms with Gasteiger partial charge < -0.3 is 9.88 Å². The number of carbonyl (C=O) groups excluding carboxylic acids is 1. The normalized spacial score (nSPS) is 15.0. The molecule has 3 aromatic rings. The monoisotopic (exact) mass is 351 g/mol. The number of carbonyl (C=O) groups is 1. The maximum absolute atomic E-state index is 12.6. The van der Waals surface area contributed by atoms with E-state index in [2.05, 4.69) is 26.9 Å². The van der Waals surface area contributed by atoms with E-state index < -0.39 is 0 Å². The van der Waals surface area contributed by atoms with Crippen molar-refractivity contribution in [3.8, 4) is 0 Å². The van der Waals surface area contributed by atoms with Crippen LogP contribution >= 0.6 is 0 Å². The van der Waals surface area contributed by atoms with Crippen molar-refractivity contribution in [1.82, 2.24) is 24.6 Å². The molecule has 0 spiro atoms. The van der Waals surface area contributed by atoms with Crippen LogP contribution in [0, 0.1) is 6.92 Å². The average Bonchev–Trinajstić information content (AvgIpc) is 3.35. The van der Waals surface area contributed by atoms with Gasteiger partial charge in [-0.3, -0.25) is 9.48 Å². The number of benzene rings is 1. The quantitative estimate of drug-likeness (QED) is 0.768. The van der Waals surface area contributed by atoms with Crippen molar-refractivity contribution < 1.29 is 4.79 Å². The minimum Gasteiger partial charge on any atom is -0.350 e. The van der Waals surface area contributed by atoms with Crippen LogP contribution in [0.2, 0.25) is 0 Å². The molecule has 0 bridgehead atoms. The smallest absolute Gasteiger partial charge is 0.272 e. The zero-order valence-electron chi connectivity index (χ0n) is 15.4. The van der Waals surface area contributed by atoms with E-state index in [-0.39, 0.29) is 5.91 Å². The van der Waals surface area contributed by atoms with Crippen molar-refractivity contribution >= 4 is 16.8 Å². The highest BCUT2D eigenvalue weighted by molar-refractivity contribution is 6.04. The summed E-state index contributed by atoms with van der Waals surface area (Å²) >= 11 is 0. The number of fused-ring (bicyclic) bond motifs is 1. The van der Waals surface area contributed by atoms with Crippen LogP contribution in [0.1, 0.15) is 53.7 Å². The van der Waals surface area contributed by atoms with E-state index in [0.29, 0.717) is 18.3 Å². The number of hydrogen-bond acceptors (Lipinski definition) is 3. The molecule has 26 heavy (non-hydrogen) atoms. The van der Waals surface area contributed by atoms with E-state index in [1.54, 1.807) is 4.68 Å². The van der Waals surface area contributed by atoms with Crippen molar-refractivity contribution in [3.63, 3.8) is 0 Å². The Kier molecular flexibility index (Phi) is 4.49. The lowest BCUT2D eigenvalue weighted by molar-refractivity contribution is 0.0949. The molecule has 2 heterocycles. The SMILES string of the molecule is Cc1cnc(CCNC(=O)c2nn(C)c3ccccc23)n1C1CCCC1. The molecule has 6 heteroatoms. The van der Waals surface area contributed by atoms with Crippen molar-refractivity contribution in [1.29, 1.82) is 0 Å². The summed E-state index contributed by atoms with van der Waals surface area (Å²) in [6, 6.07) is 8.37. The Morgan fingerprint density at radius 2 is 2.04 bits per heavy atom. The molecule has 1 aliphatic carbocycles. The van der Waals surface area contributed by atoms with Gasteiger partial charge in [-0.1, -0.05) is 31.0 Å². The molecule has 2 aromatic heterocycles. The molecule has 1 amide bonds. The third kappa shape index (κ3) is 3.00. The highest BCUT2D eigenvalue weighted by Gasteiger charge is 2.21. The van der Waals surface area contributed by atoms with E-state index in [1.165, 1.54) is 31.4 Å². The molecule has 6 nitrogen and oxygen atoms in total. The molecule has 1 aliphatic rings. The van der Waals surface area contributed by atoms with Crippen LogP contribution in [0.25, 0.3) is 10.9 Å². The van der Waals surface area contributed by atoms with Gasteiger partial charge in [0.2, 0.25) is 0 Å². The van der Waals surface area contributed by atoms with Crippen LogP contribution < -0.4 is 5.32 Å². The number of aryl methyl sites for hydroxylation is 2. The Hall–Kier alpha value is -2.63. The maximum atomic E-state index is 12.6. The molecule has 0 saturated heterocycles. The molecule has 1 fully saturated rings. The number of nitrogens with zero attached hydrogens (tertiary/aromatic N) is 4. The first-order valence-corrected chi connectivity index (χ1v) is 9.38. The minimum absolute atomic E-state index is 0.127. The second-order valence-electron chi connectivity index (χ2n) is 7.12. The number of rotatable bonds is 5. The number of para-hydroxylation sites is 1. The van der Waals surface area contributed by atoms with Gasteiger partial charge in [-0.05, 0) is 25.8 Å². The molecule has 0 atom stereocenters. The second-order valence-corrected chi connectivity index (χ2v) is 7.12. The van der Waals surface area contributed by atoms with Gasteiger partial charge in [0.05, 0.1) is 5.52 Å². The molecule has 136 valence electrons. The highest BCUT2D eigenvalue weighted by atomic mass is 16.1. The van der Waals surface area contributed by atoms with Crippen LogP contribution in [0.4, 0.5) is 0 Å². The Labute approximate surface area is 153 Å². The predicted molar refractivity (Wildman–Crippen MR) is 101 cm³/mol. The number of amides is 1. The lowest BCUT2D eigenvalue weighted by Crippen LogP contribution is -2.27. The fraction of sp³-hybridized carbons (Fsp3) is 0.450. The van der Waals surface area contributed by atoms with Gasteiger partial charge in [-0.25, -0.2) is 4.98 Å². The molecule has 0 unspecified atom stereocenters. The fourth-order valence-electron chi connectivity index (χ4n) is 4.10. The van der Waals surface area contributed by atoms with E-state index in [9.17, 15) is 4.79 Å². The van der Waals surface area contributed by atoms with E-state index in [0.717, 1.165) is 23.1 Å². The Morgan fingerprint density at radius 3 is 2.85 bits per heavy atom. The van der Waals surface area contributed by atoms with Gasteiger partial charge in [0.25, 0.3) is 5.91 Å². The summed E-state index contributed by atoms with van der Waals surface area (Å²) < 4.78 is 4.12. The Bertz CT molecular complexity index is 933. The molecule has 0 radical (unpaired) electrons. The standard InChI is InChI=1S/C20H25N5O/c1-14-13-22-18(25(14)15-7-3-4-8-15)11-12-21-20(26)19-16-9-5-6-10-17(16)24(2)23-19/h5-6,9-10,13,15H,3-4,7-8,11-12H2,1-2H3,(H,21,26). The lowest BCUT2D eigenvalue weighted by atomic mass is 10.2. The first kappa shape index (κ1) is 16.8. The highest BCUT2D eigenvalue weighted by Crippen LogP contribution is 2.31. The zero-order chi connectivity index (χ0) is 18.1. The van der Waals surface area contributed by atoms with Gasteiger partial charge in [0.1, 0.15) is 5.82 Å². The molecule has 1 N–H and O–H groups in total. The summed E-state index contributed by atoms with van der Waals surface area (Å²) in [6.45, 7) is 2.68. The Balaban J connectivity index is 1.44. The molecule has 1 saturated carbocycles. The van der Waals surface area contributed by atoms with Crippen LogP contribution in [0.15, 0.2) is 30.5 Å². The van der Waals surface area contributed by atoms with Crippen molar-refractivity contribution in [3.05, 3.63) is 47.7 Å². The molecule has 4 rings (SSSR count). The van der Waals surface area contributed by atoms with E-state index in [4.69, 9.17) is 0 Å². The molecule has 0 aliphatic heterocycles. The summed E-state index contributed by atoms with van der Waals surface area (Å²) in [5, 5.41) is 8.28. The van der Waals surface area contributed by atoms with Gasteiger partial charge in [0.15, 0.2) is 5.69 Å². The number of aromatic nitrogens is 4. The number of imidazole rings is 1. The van der Waals surface area contributed by atoms with Gasteiger partial charge in [-0.15, -0.1) is 0 Å². The minimum atomic E-state index is -0.127. The fourth-order valence-corrected chi connectivity index (χ4v) is 4.10. The first-order valence-electron chi connectivity index (χ1n) is 9.38.